The Hall–Kier alpha value is -5.54. The molecule has 3 nitrogen and oxygen atoms in total. The standard InChI is InChI=1S/C38H25N3/c1-2-11-28(12-3-1)41(30-18-21-37(40-25-30)27-10-8-22-39-24-27)29-13-6-9-26(23-29)31-19-20-36-33-15-5-4-14-32(33)35-17-7-16-34(31)38(35)36/h1-25H. The largest absolute Gasteiger partial charge is 0.309 e. The molecule has 0 spiro atoms. The van der Waals surface area contributed by atoms with Crippen LogP contribution in [0, 0.1) is 0 Å². The van der Waals surface area contributed by atoms with Crippen molar-refractivity contribution in [2.24, 2.45) is 0 Å². The molecule has 0 saturated carbocycles. The first kappa shape index (κ1) is 23.4. The van der Waals surface area contributed by atoms with E-state index >= 15 is 0 Å². The lowest BCUT2D eigenvalue weighted by atomic mass is 9.94. The van der Waals surface area contributed by atoms with Gasteiger partial charge in [-0.2, -0.15) is 0 Å². The summed E-state index contributed by atoms with van der Waals surface area (Å²) in [6, 6.07) is 47.4. The number of hydrogen-bond donors (Lipinski definition) is 0. The molecule has 1 aliphatic carbocycles. The Morgan fingerprint density at radius 1 is 0.439 bits per heavy atom. The quantitative estimate of drug-likeness (QED) is 0.225. The number of nitrogens with zero attached hydrogens (tertiary/aromatic N) is 3. The van der Waals surface area contributed by atoms with Crippen molar-refractivity contribution in [1.82, 2.24) is 9.97 Å². The van der Waals surface area contributed by atoms with Crippen LogP contribution in [0.2, 0.25) is 0 Å². The topological polar surface area (TPSA) is 29.0 Å². The zero-order valence-corrected chi connectivity index (χ0v) is 22.3. The van der Waals surface area contributed by atoms with Gasteiger partial charge in [0.15, 0.2) is 0 Å². The summed E-state index contributed by atoms with van der Waals surface area (Å²) >= 11 is 0. The molecule has 0 fully saturated rings. The predicted octanol–water partition coefficient (Wildman–Crippen LogP) is 10.1. The van der Waals surface area contributed by atoms with Crippen molar-refractivity contribution in [2.45, 2.75) is 0 Å². The number of pyridine rings is 2. The molecule has 2 aromatic heterocycles. The third kappa shape index (κ3) is 3.90. The molecule has 0 bridgehead atoms. The zero-order chi connectivity index (χ0) is 27.2. The van der Waals surface area contributed by atoms with Crippen LogP contribution < -0.4 is 4.90 Å². The molecule has 0 unspecified atom stereocenters. The number of fused-ring (bicyclic) bond motifs is 3. The van der Waals surface area contributed by atoms with E-state index in [-0.39, 0.29) is 0 Å². The van der Waals surface area contributed by atoms with Gasteiger partial charge in [-0.15, -0.1) is 0 Å². The van der Waals surface area contributed by atoms with Crippen molar-refractivity contribution in [2.75, 3.05) is 4.90 Å². The maximum Gasteiger partial charge on any atom is 0.0719 e. The average molecular weight is 524 g/mol. The van der Waals surface area contributed by atoms with Gasteiger partial charge in [-0.25, -0.2) is 0 Å². The van der Waals surface area contributed by atoms with Crippen LogP contribution >= 0.6 is 0 Å². The van der Waals surface area contributed by atoms with Crippen LogP contribution in [0.3, 0.4) is 0 Å². The van der Waals surface area contributed by atoms with E-state index in [4.69, 9.17) is 4.98 Å². The molecule has 0 saturated heterocycles. The third-order valence-electron chi connectivity index (χ3n) is 7.94. The Labute approximate surface area is 239 Å². The summed E-state index contributed by atoms with van der Waals surface area (Å²) in [5.41, 5.74) is 12.7. The monoisotopic (exact) mass is 523 g/mol. The van der Waals surface area contributed by atoms with Gasteiger partial charge >= 0.3 is 0 Å². The SMILES string of the molecule is c1ccc(N(c2ccc(-c3cccnc3)nc2)c2cccc(-c3ccc4c5c(cccc35)-c3ccccc3-4)c2)cc1. The number of para-hydroxylation sites is 1. The number of hydrogen-bond acceptors (Lipinski definition) is 3. The minimum atomic E-state index is 0.900. The van der Waals surface area contributed by atoms with Gasteiger partial charge in [-0.1, -0.05) is 84.9 Å². The first-order chi connectivity index (χ1) is 20.3. The summed E-state index contributed by atoms with van der Waals surface area (Å²) < 4.78 is 0. The van der Waals surface area contributed by atoms with Crippen LogP contribution in [0.4, 0.5) is 17.1 Å². The summed E-state index contributed by atoms with van der Waals surface area (Å²) in [7, 11) is 0. The summed E-state index contributed by atoms with van der Waals surface area (Å²) in [6.45, 7) is 0. The van der Waals surface area contributed by atoms with Gasteiger partial charge in [0.2, 0.25) is 0 Å². The van der Waals surface area contributed by atoms with E-state index in [0.29, 0.717) is 0 Å². The Morgan fingerprint density at radius 3 is 1.93 bits per heavy atom. The molecule has 41 heavy (non-hydrogen) atoms. The van der Waals surface area contributed by atoms with Gasteiger partial charge in [0.05, 0.1) is 17.6 Å². The maximum atomic E-state index is 4.81. The highest BCUT2D eigenvalue weighted by Gasteiger charge is 2.22. The summed E-state index contributed by atoms with van der Waals surface area (Å²) in [5, 5.41) is 2.62. The fraction of sp³-hybridized carbons (Fsp3) is 0. The summed E-state index contributed by atoms with van der Waals surface area (Å²) in [5.74, 6) is 0. The van der Waals surface area contributed by atoms with Crippen LogP contribution in [0.15, 0.2) is 152 Å². The molecule has 5 aromatic carbocycles. The molecular weight excluding hydrogens is 498 g/mol. The Kier molecular flexibility index (Phi) is 5.46. The Balaban J connectivity index is 1.25. The average Bonchev–Trinajstić information content (AvgIpc) is 3.38. The van der Waals surface area contributed by atoms with Crippen molar-refractivity contribution < 1.29 is 0 Å². The minimum absolute atomic E-state index is 0.900. The smallest absolute Gasteiger partial charge is 0.0719 e. The highest BCUT2D eigenvalue weighted by molar-refractivity contribution is 6.18. The lowest BCUT2D eigenvalue weighted by Crippen LogP contribution is -2.10. The molecule has 0 radical (unpaired) electrons. The van der Waals surface area contributed by atoms with Gasteiger partial charge < -0.3 is 4.90 Å². The van der Waals surface area contributed by atoms with Gasteiger partial charge in [-0.3, -0.25) is 9.97 Å². The van der Waals surface area contributed by atoms with E-state index in [1.54, 1.807) is 6.20 Å². The number of anilines is 3. The second kappa shape index (κ2) is 9.58. The molecule has 192 valence electrons. The van der Waals surface area contributed by atoms with Crippen LogP contribution in [0.5, 0.6) is 0 Å². The third-order valence-corrected chi connectivity index (χ3v) is 7.94. The van der Waals surface area contributed by atoms with Crippen LogP contribution in [-0.2, 0) is 0 Å². The molecule has 3 heteroatoms. The molecule has 0 N–H and O–H groups in total. The zero-order valence-electron chi connectivity index (χ0n) is 22.3. The van der Waals surface area contributed by atoms with E-state index in [2.05, 4.69) is 125 Å². The molecule has 7 aromatic rings. The fourth-order valence-corrected chi connectivity index (χ4v) is 6.10. The summed E-state index contributed by atoms with van der Waals surface area (Å²) in [4.78, 5) is 11.3. The molecular formula is C38H25N3. The highest BCUT2D eigenvalue weighted by Crippen LogP contribution is 2.49. The number of benzene rings is 5. The lowest BCUT2D eigenvalue weighted by molar-refractivity contribution is 1.22. The van der Waals surface area contributed by atoms with Gasteiger partial charge in [0.25, 0.3) is 0 Å². The number of rotatable bonds is 5. The van der Waals surface area contributed by atoms with Gasteiger partial charge in [0.1, 0.15) is 0 Å². The van der Waals surface area contributed by atoms with Crippen LogP contribution in [-0.4, -0.2) is 9.97 Å². The molecule has 0 amide bonds. The second-order valence-electron chi connectivity index (χ2n) is 10.3. The normalized spacial score (nSPS) is 11.4. The van der Waals surface area contributed by atoms with E-state index in [1.807, 2.05) is 30.6 Å². The molecule has 1 aliphatic rings. The van der Waals surface area contributed by atoms with Crippen LogP contribution in [0.1, 0.15) is 0 Å². The van der Waals surface area contributed by atoms with E-state index in [1.165, 1.54) is 44.2 Å². The minimum Gasteiger partial charge on any atom is -0.309 e. The molecule has 8 rings (SSSR count). The number of aromatic nitrogens is 2. The van der Waals surface area contributed by atoms with E-state index in [0.717, 1.165) is 28.3 Å². The van der Waals surface area contributed by atoms with Crippen molar-refractivity contribution in [3.8, 4) is 44.6 Å². The van der Waals surface area contributed by atoms with Crippen molar-refractivity contribution >= 4 is 27.8 Å². The van der Waals surface area contributed by atoms with E-state index in [9.17, 15) is 0 Å². The van der Waals surface area contributed by atoms with Crippen LogP contribution in [0.25, 0.3) is 55.4 Å². The first-order valence-corrected chi connectivity index (χ1v) is 13.8. The lowest BCUT2D eigenvalue weighted by Gasteiger charge is -2.26. The maximum absolute atomic E-state index is 4.81. The predicted molar refractivity (Wildman–Crippen MR) is 170 cm³/mol. The molecule has 0 aliphatic heterocycles. The first-order valence-electron chi connectivity index (χ1n) is 13.8. The van der Waals surface area contributed by atoms with Gasteiger partial charge in [0, 0.05) is 29.3 Å². The van der Waals surface area contributed by atoms with Gasteiger partial charge in [-0.05, 0) is 92.7 Å². The van der Waals surface area contributed by atoms with Crippen molar-refractivity contribution in [1.29, 1.82) is 0 Å². The Morgan fingerprint density at radius 2 is 1.15 bits per heavy atom. The van der Waals surface area contributed by atoms with E-state index < -0.39 is 0 Å². The van der Waals surface area contributed by atoms with Crippen molar-refractivity contribution in [3.63, 3.8) is 0 Å². The highest BCUT2D eigenvalue weighted by atomic mass is 15.1. The summed E-state index contributed by atoms with van der Waals surface area (Å²) in [6.07, 6.45) is 5.57. The van der Waals surface area contributed by atoms with Crippen molar-refractivity contribution in [3.05, 3.63) is 152 Å². The molecule has 0 atom stereocenters. The second-order valence-corrected chi connectivity index (χ2v) is 10.3. The molecule has 2 heterocycles. The Bertz CT molecular complexity index is 2000. The fourth-order valence-electron chi connectivity index (χ4n) is 6.10.